The van der Waals surface area contributed by atoms with Crippen LogP contribution in [0.3, 0.4) is 0 Å². The first-order valence-electron chi connectivity index (χ1n) is 14.9. The van der Waals surface area contributed by atoms with E-state index in [4.69, 9.17) is 4.74 Å². The zero-order valence-electron chi connectivity index (χ0n) is 25.8. The lowest BCUT2D eigenvalue weighted by atomic mass is 10.0. The Labute approximate surface area is 267 Å². The van der Waals surface area contributed by atoms with Crippen LogP contribution in [0.4, 0.5) is 14.9 Å². The number of carbonyl (C=O) groups is 3. The van der Waals surface area contributed by atoms with Crippen LogP contribution in [0.15, 0.2) is 77.7 Å². The third-order valence-electron chi connectivity index (χ3n) is 7.94. The minimum absolute atomic E-state index is 0.00199. The number of aromatic hydroxyl groups is 1. The van der Waals surface area contributed by atoms with E-state index in [1.54, 1.807) is 54.6 Å². The lowest BCUT2D eigenvalue weighted by Crippen LogP contribution is -2.53. The number of benzene rings is 3. The summed E-state index contributed by atoms with van der Waals surface area (Å²) in [6.45, 7) is 4.58. The van der Waals surface area contributed by atoms with Crippen molar-refractivity contribution >= 4 is 33.5 Å². The molecule has 4 rings (SSSR count). The molecule has 46 heavy (non-hydrogen) atoms. The molecule has 0 radical (unpaired) electrons. The molecule has 3 aromatic rings. The molecule has 0 aromatic heterocycles. The van der Waals surface area contributed by atoms with Crippen molar-refractivity contribution in [2.75, 3.05) is 24.5 Å². The largest absolute Gasteiger partial charge is 0.505 e. The third-order valence-corrected chi connectivity index (χ3v) is 9.77. The van der Waals surface area contributed by atoms with Crippen molar-refractivity contribution < 1.29 is 42.1 Å². The van der Waals surface area contributed by atoms with Gasteiger partial charge in [0.1, 0.15) is 0 Å². The molecule has 0 spiro atoms. The van der Waals surface area contributed by atoms with E-state index in [2.05, 4.69) is 5.32 Å². The summed E-state index contributed by atoms with van der Waals surface area (Å²) < 4.78 is 47.9. The average Bonchev–Trinajstić information content (AvgIpc) is 3.43. The van der Waals surface area contributed by atoms with Crippen molar-refractivity contribution in [2.45, 2.75) is 56.8 Å². The molecule has 3 N–H and O–H groups in total. The number of aliphatic hydroxyl groups is 1. The van der Waals surface area contributed by atoms with Crippen LogP contribution in [0.25, 0.3) is 0 Å². The first-order chi connectivity index (χ1) is 21.8. The Kier molecular flexibility index (Phi) is 11.1. The second-order valence-electron chi connectivity index (χ2n) is 11.4. The summed E-state index contributed by atoms with van der Waals surface area (Å²) in [6.07, 6.45) is -2.68. The number of phenols is 1. The van der Waals surface area contributed by atoms with Crippen LogP contribution in [0.2, 0.25) is 0 Å². The first kappa shape index (κ1) is 34.5. The van der Waals surface area contributed by atoms with E-state index in [0.717, 1.165) is 28.1 Å². The fourth-order valence-corrected chi connectivity index (χ4v) is 6.58. The molecule has 1 aliphatic rings. The van der Waals surface area contributed by atoms with E-state index < -0.39 is 63.3 Å². The van der Waals surface area contributed by atoms with Gasteiger partial charge in [-0.3, -0.25) is 14.5 Å². The topological polar surface area (TPSA) is 154 Å². The SMILES string of the molecule is CC[C@H](C)CN(C[C@@H](O)[C@H](Cc1ccccc1)NC(=O)[C@@H]1CN(c2ccc(C(C)=O)cc2)C(=O)O1)S(=O)(=O)c1ccc(O)c(F)c1. The van der Waals surface area contributed by atoms with Crippen LogP contribution in [-0.4, -0.2) is 78.6 Å². The number of carbonyl (C=O) groups excluding carboxylic acids is 3. The van der Waals surface area contributed by atoms with E-state index in [0.29, 0.717) is 17.7 Å². The highest BCUT2D eigenvalue weighted by atomic mass is 32.2. The number of cyclic esters (lactones) is 1. The lowest BCUT2D eigenvalue weighted by molar-refractivity contribution is -0.129. The number of hydrogen-bond acceptors (Lipinski definition) is 8. The molecule has 13 heteroatoms. The van der Waals surface area contributed by atoms with Gasteiger partial charge in [0.15, 0.2) is 23.5 Å². The van der Waals surface area contributed by atoms with Crippen LogP contribution in [0, 0.1) is 11.7 Å². The Morgan fingerprint density at radius 3 is 2.37 bits per heavy atom. The van der Waals surface area contributed by atoms with Gasteiger partial charge in [-0.1, -0.05) is 50.6 Å². The Bertz CT molecular complexity index is 1650. The van der Waals surface area contributed by atoms with Crippen molar-refractivity contribution in [3.8, 4) is 5.75 Å². The highest BCUT2D eigenvalue weighted by Crippen LogP contribution is 2.25. The zero-order valence-corrected chi connectivity index (χ0v) is 26.6. The standard InChI is InChI=1S/C33H38FN3O8S/c1-4-21(2)18-36(46(43,44)26-14-15-29(39)27(34)17-26)19-30(40)28(16-23-8-6-5-7-9-23)35-32(41)31-20-37(33(42)45-31)25-12-10-24(11-13-25)22(3)38/h5-15,17,21,28,30-31,39-40H,4,16,18-20H2,1-3H3,(H,35,41)/t21-,28-,30+,31-/m0/s1. The summed E-state index contributed by atoms with van der Waals surface area (Å²) in [5, 5.41) is 23.8. The maximum atomic E-state index is 14.2. The number of nitrogens with one attached hydrogen (secondary N) is 1. The van der Waals surface area contributed by atoms with Crippen molar-refractivity contribution in [1.29, 1.82) is 0 Å². The monoisotopic (exact) mass is 655 g/mol. The second kappa shape index (κ2) is 14.8. The fourth-order valence-electron chi connectivity index (χ4n) is 4.99. The normalized spacial score (nSPS) is 17.0. The van der Waals surface area contributed by atoms with E-state index in [9.17, 15) is 37.4 Å². The summed E-state index contributed by atoms with van der Waals surface area (Å²) in [4.78, 5) is 38.6. The minimum atomic E-state index is -4.33. The molecule has 246 valence electrons. The predicted molar refractivity (Wildman–Crippen MR) is 168 cm³/mol. The van der Waals surface area contributed by atoms with Gasteiger partial charge in [0, 0.05) is 24.3 Å². The maximum Gasteiger partial charge on any atom is 0.415 e. The number of aliphatic hydroxyl groups excluding tert-OH is 1. The molecule has 1 saturated heterocycles. The van der Waals surface area contributed by atoms with E-state index >= 15 is 0 Å². The highest BCUT2D eigenvalue weighted by molar-refractivity contribution is 7.89. The molecule has 4 atom stereocenters. The minimum Gasteiger partial charge on any atom is -0.505 e. The van der Waals surface area contributed by atoms with Crippen LogP contribution >= 0.6 is 0 Å². The first-order valence-corrected chi connectivity index (χ1v) is 16.3. The molecule has 0 bridgehead atoms. The van der Waals surface area contributed by atoms with Gasteiger partial charge in [0.05, 0.1) is 23.6 Å². The van der Waals surface area contributed by atoms with Crippen LogP contribution in [-0.2, 0) is 26.0 Å². The van der Waals surface area contributed by atoms with E-state index in [-0.39, 0.29) is 31.2 Å². The number of amides is 2. The van der Waals surface area contributed by atoms with Gasteiger partial charge in [-0.25, -0.2) is 17.6 Å². The highest BCUT2D eigenvalue weighted by Gasteiger charge is 2.39. The van der Waals surface area contributed by atoms with Gasteiger partial charge in [-0.15, -0.1) is 0 Å². The molecule has 0 saturated carbocycles. The molecule has 1 aliphatic heterocycles. The zero-order chi connectivity index (χ0) is 33.6. The van der Waals surface area contributed by atoms with Crippen LogP contribution < -0.4 is 10.2 Å². The number of ketones is 1. The molecular formula is C33H38FN3O8S. The molecule has 1 fully saturated rings. The molecule has 11 nitrogen and oxygen atoms in total. The Hall–Kier alpha value is -4.33. The van der Waals surface area contributed by atoms with E-state index in [1.165, 1.54) is 11.8 Å². The predicted octanol–water partition coefficient (Wildman–Crippen LogP) is 3.88. The molecule has 2 amide bonds. The number of hydrogen-bond donors (Lipinski definition) is 3. The van der Waals surface area contributed by atoms with Gasteiger partial charge < -0.3 is 20.3 Å². The van der Waals surface area contributed by atoms with Crippen molar-refractivity contribution in [1.82, 2.24) is 9.62 Å². The number of phenolic OH excluding ortho intramolecular Hbond substituents is 1. The Morgan fingerprint density at radius 2 is 1.76 bits per heavy atom. The summed E-state index contributed by atoms with van der Waals surface area (Å²) >= 11 is 0. The quantitative estimate of drug-likeness (QED) is 0.221. The average molecular weight is 656 g/mol. The Morgan fingerprint density at radius 1 is 1.09 bits per heavy atom. The molecule has 1 heterocycles. The number of ether oxygens (including phenoxy) is 1. The van der Waals surface area contributed by atoms with Crippen molar-refractivity contribution in [2.24, 2.45) is 5.92 Å². The van der Waals surface area contributed by atoms with Gasteiger partial charge in [0.2, 0.25) is 10.0 Å². The third kappa shape index (κ3) is 8.27. The van der Waals surface area contributed by atoms with Gasteiger partial charge >= 0.3 is 6.09 Å². The Balaban J connectivity index is 1.56. The molecule has 0 aliphatic carbocycles. The molecule has 3 aromatic carbocycles. The van der Waals surface area contributed by atoms with Crippen molar-refractivity contribution in [3.05, 3.63) is 89.7 Å². The molecular weight excluding hydrogens is 617 g/mol. The van der Waals surface area contributed by atoms with E-state index in [1.807, 2.05) is 13.8 Å². The number of Topliss-reactive ketones (excluding diaryl/α,β-unsaturated/α-hetero) is 1. The summed E-state index contributed by atoms with van der Waals surface area (Å²) in [6, 6.07) is 17.0. The summed E-state index contributed by atoms with van der Waals surface area (Å²) in [7, 11) is -4.33. The fraction of sp³-hybridized carbons (Fsp3) is 0.364. The number of nitrogens with zero attached hydrogens (tertiary/aromatic N) is 2. The number of rotatable bonds is 14. The lowest BCUT2D eigenvalue weighted by Gasteiger charge is -2.31. The maximum absolute atomic E-state index is 14.2. The smallest absolute Gasteiger partial charge is 0.415 e. The van der Waals surface area contributed by atoms with Gasteiger partial charge in [-0.2, -0.15) is 4.31 Å². The summed E-state index contributed by atoms with van der Waals surface area (Å²) in [5.41, 5.74) is 1.64. The van der Waals surface area contributed by atoms with Crippen LogP contribution in [0.5, 0.6) is 5.75 Å². The van der Waals surface area contributed by atoms with Gasteiger partial charge in [-0.05, 0) is 67.3 Å². The molecule has 0 unspecified atom stereocenters. The number of anilines is 1. The van der Waals surface area contributed by atoms with Crippen LogP contribution in [0.1, 0.15) is 43.1 Å². The van der Waals surface area contributed by atoms with Gasteiger partial charge in [0.25, 0.3) is 5.91 Å². The summed E-state index contributed by atoms with van der Waals surface area (Å²) in [5.74, 6) is -2.75. The van der Waals surface area contributed by atoms with Crippen molar-refractivity contribution in [3.63, 3.8) is 0 Å². The second-order valence-corrected chi connectivity index (χ2v) is 13.3. The number of halogens is 1. The number of sulfonamides is 1.